The van der Waals surface area contributed by atoms with Crippen molar-refractivity contribution in [1.29, 1.82) is 0 Å². The minimum Gasteiger partial charge on any atom is -0.748 e. The molecule has 0 radical (unpaired) electrons. The fraction of sp³-hybridized carbons (Fsp3) is 0.929. The fourth-order valence-electron chi connectivity index (χ4n) is 4.35. The molecule has 5 heteroatoms. The first kappa shape index (κ1) is 35.8. The van der Waals surface area contributed by atoms with E-state index < -0.39 is 10.1 Å². The summed E-state index contributed by atoms with van der Waals surface area (Å²) < 4.78 is 31.4. The summed E-state index contributed by atoms with van der Waals surface area (Å²) in [5.41, 5.74) is 0. The Balaban J connectivity index is 0. The summed E-state index contributed by atoms with van der Waals surface area (Å²) in [6, 6.07) is 0. The van der Waals surface area contributed by atoms with Crippen molar-refractivity contribution < 1.29 is 42.5 Å². The van der Waals surface area contributed by atoms with Crippen molar-refractivity contribution in [3.8, 4) is 0 Å². The number of hydrogen-bond acceptors (Lipinski definition) is 3. The van der Waals surface area contributed by atoms with E-state index in [-0.39, 0.29) is 35.3 Å². The van der Waals surface area contributed by atoms with Crippen LogP contribution in [0.1, 0.15) is 161 Å². The molecule has 0 amide bonds. The smallest absolute Gasteiger partial charge is 0.748 e. The van der Waals surface area contributed by atoms with Gasteiger partial charge in [0.15, 0.2) is 0 Å². The van der Waals surface area contributed by atoms with Crippen LogP contribution in [0, 0.1) is 0 Å². The van der Waals surface area contributed by atoms with E-state index in [0.717, 1.165) is 12.8 Å². The number of rotatable bonds is 26. The maximum absolute atomic E-state index is 10.5. The van der Waals surface area contributed by atoms with Crippen LogP contribution in [0.3, 0.4) is 0 Å². The molecule has 0 saturated heterocycles. The molecule has 0 aliphatic carbocycles. The zero-order valence-corrected chi connectivity index (χ0v) is 25.3. The quantitative estimate of drug-likeness (QED) is 0.0599. The van der Waals surface area contributed by atoms with Gasteiger partial charge in [-0.15, -0.1) is 0 Å². The van der Waals surface area contributed by atoms with Gasteiger partial charge < -0.3 is 4.55 Å². The zero-order chi connectivity index (χ0) is 23.6. The molecule has 0 heterocycles. The summed E-state index contributed by atoms with van der Waals surface area (Å²) >= 11 is 0. The first-order chi connectivity index (χ1) is 15.6. The van der Waals surface area contributed by atoms with Gasteiger partial charge in [0.05, 0.1) is 15.9 Å². The molecule has 0 aliphatic heterocycles. The van der Waals surface area contributed by atoms with Crippen LogP contribution in [0.4, 0.5) is 0 Å². The molecule has 0 aliphatic rings. The van der Waals surface area contributed by atoms with Crippen LogP contribution in [-0.2, 0) is 10.1 Å². The van der Waals surface area contributed by atoms with Gasteiger partial charge in [-0.1, -0.05) is 160 Å². The number of allylic oxidation sites excluding steroid dienone is 1. The molecule has 0 aromatic heterocycles. The van der Waals surface area contributed by atoms with Gasteiger partial charge in [0.1, 0.15) is 0 Å². The molecule has 0 aromatic rings. The van der Waals surface area contributed by atoms with Crippen molar-refractivity contribution >= 4 is 10.1 Å². The Hall–Kier alpha value is 0.650. The molecular formula is C28H55NaO3S. The zero-order valence-electron chi connectivity index (χ0n) is 22.5. The molecule has 0 rings (SSSR count). The molecule has 0 spiro atoms. The summed E-state index contributed by atoms with van der Waals surface area (Å²) in [6.07, 6.45) is 36.2. The third kappa shape index (κ3) is 34.9. The van der Waals surface area contributed by atoms with Crippen molar-refractivity contribution in [3.63, 3.8) is 0 Å². The molecule has 0 atom stereocenters. The Kier molecular flexibility index (Phi) is 31.3. The van der Waals surface area contributed by atoms with Gasteiger partial charge >= 0.3 is 29.6 Å². The average Bonchev–Trinajstić information content (AvgIpc) is 2.75. The van der Waals surface area contributed by atoms with Crippen LogP contribution in [0.5, 0.6) is 0 Å². The molecule has 0 unspecified atom stereocenters. The molecule has 0 saturated carbocycles. The van der Waals surface area contributed by atoms with Crippen molar-refractivity contribution in [2.75, 3.05) is 5.75 Å². The molecule has 0 N–H and O–H groups in total. The van der Waals surface area contributed by atoms with E-state index in [1.807, 2.05) is 6.08 Å². The number of unbranched alkanes of at least 4 members (excludes halogenated alkanes) is 23. The van der Waals surface area contributed by atoms with E-state index in [2.05, 4.69) is 6.92 Å². The maximum Gasteiger partial charge on any atom is 1.00 e. The first-order valence-electron chi connectivity index (χ1n) is 14.1. The van der Waals surface area contributed by atoms with E-state index in [0.29, 0.717) is 0 Å². The predicted molar refractivity (Wildman–Crippen MR) is 140 cm³/mol. The Bertz CT molecular complexity index is 491. The Morgan fingerprint density at radius 2 is 0.758 bits per heavy atom. The Labute approximate surface area is 230 Å². The van der Waals surface area contributed by atoms with Gasteiger partial charge in [-0.25, -0.2) is 8.42 Å². The number of hydrogen-bond donors (Lipinski definition) is 0. The van der Waals surface area contributed by atoms with E-state index >= 15 is 0 Å². The monoisotopic (exact) mass is 494 g/mol. The van der Waals surface area contributed by atoms with Crippen LogP contribution in [0.2, 0.25) is 0 Å². The van der Waals surface area contributed by atoms with Crippen molar-refractivity contribution in [2.45, 2.75) is 161 Å². The van der Waals surface area contributed by atoms with Crippen molar-refractivity contribution in [2.24, 2.45) is 0 Å². The van der Waals surface area contributed by atoms with Gasteiger partial charge in [-0.2, -0.15) is 0 Å². The second-order valence-electron chi connectivity index (χ2n) is 9.76. The van der Waals surface area contributed by atoms with Crippen LogP contribution in [0.15, 0.2) is 12.2 Å². The van der Waals surface area contributed by atoms with Crippen molar-refractivity contribution in [3.05, 3.63) is 12.2 Å². The molecular weight excluding hydrogens is 439 g/mol. The fourth-order valence-corrected chi connectivity index (χ4v) is 4.72. The average molecular weight is 495 g/mol. The molecule has 33 heavy (non-hydrogen) atoms. The van der Waals surface area contributed by atoms with Gasteiger partial charge in [-0.05, 0) is 12.8 Å². The minimum atomic E-state index is -4.09. The van der Waals surface area contributed by atoms with Gasteiger partial charge in [0, 0.05) is 0 Å². The predicted octanol–water partition coefficient (Wildman–Crippen LogP) is 6.47. The maximum atomic E-state index is 10.5. The topological polar surface area (TPSA) is 57.2 Å². The molecule has 192 valence electrons. The van der Waals surface area contributed by atoms with Crippen LogP contribution < -0.4 is 29.6 Å². The van der Waals surface area contributed by atoms with E-state index in [1.165, 1.54) is 147 Å². The minimum absolute atomic E-state index is 0. The molecule has 0 bridgehead atoms. The second-order valence-corrected chi connectivity index (χ2v) is 11.2. The van der Waals surface area contributed by atoms with Crippen LogP contribution in [-0.4, -0.2) is 18.7 Å². The van der Waals surface area contributed by atoms with E-state index in [4.69, 9.17) is 0 Å². The van der Waals surface area contributed by atoms with Gasteiger partial charge in [0.25, 0.3) is 0 Å². The third-order valence-corrected chi connectivity index (χ3v) is 7.04. The normalized spacial score (nSPS) is 11.8. The SMILES string of the molecule is CCCCCCCCCCCCCCCCCCCCCCCCC/C=C/CS(=O)(=O)[O-].[Na+]. The van der Waals surface area contributed by atoms with Crippen molar-refractivity contribution in [1.82, 2.24) is 0 Å². The van der Waals surface area contributed by atoms with Gasteiger partial charge in [0.2, 0.25) is 0 Å². The Morgan fingerprint density at radius 1 is 0.485 bits per heavy atom. The summed E-state index contributed by atoms with van der Waals surface area (Å²) in [5, 5.41) is 0. The van der Waals surface area contributed by atoms with E-state index in [1.54, 1.807) is 0 Å². The third-order valence-electron chi connectivity index (χ3n) is 6.44. The summed E-state index contributed by atoms with van der Waals surface area (Å²) in [6.45, 7) is 2.29. The summed E-state index contributed by atoms with van der Waals surface area (Å²) in [4.78, 5) is 0. The first-order valence-corrected chi connectivity index (χ1v) is 15.7. The second kappa shape index (κ2) is 28.9. The van der Waals surface area contributed by atoms with Gasteiger partial charge in [-0.3, -0.25) is 0 Å². The summed E-state index contributed by atoms with van der Waals surface area (Å²) in [5.74, 6) is -0.369. The molecule has 3 nitrogen and oxygen atoms in total. The molecule has 0 aromatic carbocycles. The standard InChI is InChI=1S/C28H56O3S.Na/c1-2-3-4-5-6-7-8-9-10-11-12-13-14-15-16-17-18-19-20-21-22-23-24-25-26-27-28-32(29,30)31;/h26-27H,2-25,28H2,1H3,(H,29,30,31);/q;+1/p-1/b27-26+;. The van der Waals surface area contributed by atoms with Crippen LogP contribution in [0.25, 0.3) is 0 Å². The Morgan fingerprint density at radius 3 is 1.03 bits per heavy atom. The summed E-state index contributed by atoms with van der Waals surface area (Å²) in [7, 11) is -4.09. The van der Waals surface area contributed by atoms with Crippen LogP contribution >= 0.6 is 0 Å². The largest absolute Gasteiger partial charge is 1.00 e. The van der Waals surface area contributed by atoms with E-state index in [9.17, 15) is 13.0 Å². The molecule has 0 fully saturated rings.